The number of hydrogen-bond acceptors (Lipinski definition) is 11. The molecule has 4 heterocycles. The maximum absolute atomic E-state index is 13.4. The Morgan fingerprint density at radius 2 is 1.93 bits per heavy atom. The molecule has 1 aliphatic heterocycles. The number of oxazole rings is 1. The molecule has 1 aliphatic rings. The minimum absolute atomic E-state index is 0.00438. The lowest BCUT2D eigenvalue weighted by Crippen LogP contribution is -2.45. The van der Waals surface area contributed by atoms with E-state index in [1.807, 2.05) is 4.90 Å². The van der Waals surface area contributed by atoms with Crippen LogP contribution < -0.4 is 20.7 Å². The van der Waals surface area contributed by atoms with E-state index >= 15 is 0 Å². The zero-order chi connectivity index (χ0) is 30.9. The van der Waals surface area contributed by atoms with Gasteiger partial charge in [0.15, 0.2) is 22.3 Å². The Bertz CT molecular complexity index is 1650. The van der Waals surface area contributed by atoms with Crippen LogP contribution in [0.5, 0.6) is 5.75 Å². The first-order chi connectivity index (χ1) is 20.5. The maximum Gasteiger partial charge on any atom is 0.433 e. The minimum Gasteiger partial charge on any atom is -0.494 e. The summed E-state index contributed by atoms with van der Waals surface area (Å²) in [7, 11) is 1.33. The second-order valence-electron chi connectivity index (χ2n) is 9.90. The number of benzene rings is 1. The molecule has 43 heavy (non-hydrogen) atoms. The molecule has 11 nitrogen and oxygen atoms in total. The van der Waals surface area contributed by atoms with E-state index in [4.69, 9.17) is 19.6 Å². The van der Waals surface area contributed by atoms with E-state index in [2.05, 4.69) is 20.3 Å². The van der Waals surface area contributed by atoms with Crippen LogP contribution in [-0.4, -0.2) is 59.7 Å². The highest BCUT2D eigenvalue weighted by Gasteiger charge is 2.34. The van der Waals surface area contributed by atoms with Crippen LogP contribution in [0.3, 0.4) is 0 Å². The standard InChI is InChI=1S/C28H29F3N6O5S/c1-4-41-26(39)18-13-43-27(34-18)37-11-9-15(10-12-37)33-24(38)22-23(14(2)32)42-25(36-22)17-5-7-19(40-3)21-16(17)6-8-20(35-21)28(29,30)31/h5-8,13-15H,4,9-12,32H2,1-3H3,(H,33,38)/t14-/m0/s1. The summed E-state index contributed by atoms with van der Waals surface area (Å²) in [6.45, 7) is 4.85. The average molecular weight is 619 g/mol. The number of amides is 1. The van der Waals surface area contributed by atoms with E-state index in [-0.39, 0.29) is 47.0 Å². The lowest BCUT2D eigenvalue weighted by atomic mass is 10.0. The molecule has 1 fully saturated rings. The molecule has 15 heteroatoms. The molecule has 0 saturated carbocycles. The number of ether oxygens (including phenoxy) is 2. The van der Waals surface area contributed by atoms with Gasteiger partial charge in [-0.1, -0.05) is 0 Å². The van der Waals surface area contributed by atoms with Gasteiger partial charge in [0.05, 0.1) is 19.8 Å². The molecule has 3 aromatic heterocycles. The van der Waals surface area contributed by atoms with Crippen molar-refractivity contribution in [2.45, 2.75) is 44.9 Å². The Morgan fingerprint density at radius 3 is 2.58 bits per heavy atom. The van der Waals surface area contributed by atoms with Crippen molar-refractivity contribution in [1.29, 1.82) is 0 Å². The van der Waals surface area contributed by atoms with Crippen LogP contribution in [0.2, 0.25) is 0 Å². The number of pyridine rings is 1. The molecule has 0 unspecified atom stereocenters. The Morgan fingerprint density at radius 1 is 1.19 bits per heavy atom. The zero-order valence-corrected chi connectivity index (χ0v) is 24.3. The zero-order valence-electron chi connectivity index (χ0n) is 23.5. The molecule has 1 saturated heterocycles. The number of rotatable bonds is 8. The van der Waals surface area contributed by atoms with Crippen LogP contribution in [0.25, 0.3) is 22.4 Å². The van der Waals surface area contributed by atoms with E-state index in [1.165, 1.54) is 30.6 Å². The monoisotopic (exact) mass is 618 g/mol. The summed E-state index contributed by atoms with van der Waals surface area (Å²) in [6.07, 6.45) is -3.41. The number of piperidine rings is 1. The topological polar surface area (TPSA) is 146 Å². The summed E-state index contributed by atoms with van der Waals surface area (Å²) in [6, 6.07) is 4.32. The fraction of sp³-hybridized carbons (Fsp3) is 0.393. The number of carbonyl (C=O) groups excluding carboxylic acids is 2. The van der Waals surface area contributed by atoms with Crippen LogP contribution in [0.15, 0.2) is 34.1 Å². The molecule has 3 N–H and O–H groups in total. The summed E-state index contributed by atoms with van der Waals surface area (Å²) in [5.74, 6) is -0.641. The fourth-order valence-corrected chi connectivity index (χ4v) is 5.65. The second kappa shape index (κ2) is 12.2. The van der Waals surface area contributed by atoms with Gasteiger partial charge < -0.3 is 29.8 Å². The SMILES string of the molecule is CCOC(=O)c1csc(N2CCC(NC(=O)c3nc(-c4ccc(OC)c5nc(C(F)(F)F)ccc45)oc3[C@H](C)N)CC2)n1. The molecule has 1 atom stereocenters. The quantitative estimate of drug-likeness (QED) is 0.260. The molecule has 5 rings (SSSR count). The fourth-order valence-electron chi connectivity index (χ4n) is 4.80. The minimum atomic E-state index is -4.65. The predicted molar refractivity (Wildman–Crippen MR) is 152 cm³/mol. The molecular formula is C28H29F3N6O5S. The lowest BCUT2D eigenvalue weighted by Gasteiger charge is -2.32. The number of esters is 1. The molecule has 228 valence electrons. The first-order valence-electron chi connectivity index (χ1n) is 13.5. The largest absolute Gasteiger partial charge is 0.494 e. The van der Waals surface area contributed by atoms with Crippen molar-refractivity contribution in [3.63, 3.8) is 0 Å². The van der Waals surface area contributed by atoms with E-state index in [0.29, 0.717) is 42.0 Å². The van der Waals surface area contributed by atoms with Gasteiger partial charge in [0.2, 0.25) is 5.89 Å². The van der Waals surface area contributed by atoms with Crippen molar-refractivity contribution in [2.24, 2.45) is 5.73 Å². The Hall–Kier alpha value is -4.24. The summed E-state index contributed by atoms with van der Waals surface area (Å²) in [5, 5.41) is 5.67. The number of carbonyl (C=O) groups is 2. The van der Waals surface area contributed by atoms with Gasteiger partial charge >= 0.3 is 12.1 Å². The molecule has 0 aliphatic carbocycles. The van der Waals surface area contributed by atoms with Crippen molar-refractivity contribution < 1.29 is 36.7 Å². The van der Waals surface area contributed by atoms with Gasteiger partial charge in [-0.05, 0) is 51.0 Å². The van der Waals surface area contributed by atoms with Crippen molar-refractivity contribution >= 4 is 39.2 Å². The predicted octanol–water partition coefficient (Wildman–Crippen LogP) is 4.97. The van der Waals surface area contributed by atoms with Crippen LogP contribution in [0.1, 0.15) is 65.2 Å². The molecular weight excluding hydrogens is 589 g/mol. The molecule has 4 aromatic rings. The number of hydrogen-bond donors (Lipinski definition) is 2. The summed E-state index contributed by atoms with van der Waals surface area (Å²) < 4.78 is 56.2. The number of nitrogens with one attached hydrogen (secondary N) is 1. The van der Waals surface area contributed by atoms with Crippen LogP contribution in [0.4, 0.5) is 18.3 Å². The van der Waals surface area contributed by atoms with Gasteiger partial charge in [-0.2, -0.15) is 13.2 Å². The Kier molecular flexibility index (Phi) is 8.55. The normalized spacial score (nSPS) is 15.0. The number of thiazole rings is 1. The molecule has 1 amide bonds. The van der Waals surface area contributed by atoms with E-state index < -0.39 is 29.8 Å². The summed E-state index contributed by atoms with van der Waals surface area (Å²) in [5.41, 5.74) is 5.61. The number of alkyl halides is 3. The van der Waals surface area contributed by atoms with Crippen molar-refractivity contribution in [3.05, 3.63) is 52.5 Å². The van der Waals surface area contributed by atoms with Crippen molar-refractivity contribution in [3.8, 4) is 17.2 Å². The van der Waals surface area contributed by atoms with Crippen LogP contribution >= 0.6 is 11.3 Å². The van der Waals surface area contributed by atoms with Crippen LogP contribution in [0, 0.1) is 0 Å². The first-order valence-corrected chi connectivity index (χ1v) is 14.4. The molecule has 0 spiro atoms. The van der Waals surface area contributed by atoms with Crippen molar-refractivity contribution in [1.82, 2.24) is 20.3 Å². The van der Waals surface area contributed by atoms with Gasteiger partial charge in [0.1, 0.15) is 17.0 Å². The second-order valence-corrected chi connectivity index (χ2v) is 10.7. The summed E-state index contributed by atoms with van der Waals surface area (Å²) in [4.78, 5) is 39.9. The van der Waals surface area contributed by atoms with Gasteiger partial charge in [-0.3, -0.25) is 4.79 Å². The summed E-state index contributed by atoms with van der Waals surface area (Å²) >= 11 is 1.36. The molecule has 1 aromatic carbocycles. The highest BCUT2D eigenvalue weighted by Crippen LogP contribution is 2.37. The number of halogens is 3. The smallest absolute Gasteiger partial charge is 0.433 e. The average Bonchev–Trinajstić information content (AvgIpc) is 3.65. The van der Waals surface area contributed by atoms with Gasteiger partial charge in [0.25, 0.3) is 5.91 Å². The number of methoxy groups -OCH3 is 1. The van der Waals surface area contributed by atoms with E-state index in [1.54, 1.807) is 25.3 Å². The first kappa shape index (κ1) is 30.2. The van der Waals surface area contributed by atoms with Gasteiger partial charge in [-0.15, -0.1) is 11.3 Å². The van der Waals surface area contributed by atoms with Gasteiger partial charge in [-0.25, -0.2) is 19.7 Å². The Labute approximate surface area is 248 Å². The number of anilines is 1. The van der Waals surface area contributed by atoms with Crippen LogP contribution in [-0.2, 0) is 10.9 Å². The van der Waals surface area contributed by atoms with E-state index in [9.17, 15) is 22.8 Å². The third-order valence-corrected chi connectivity index (χ3v) is 7.82. The number of nitrogens with zero attached hydrogens (tertiary/aromatic N) is 4. The number of aromatic nitrogens is 3. The Balaban J connectivity index is 1.34. The highest BCUT2D eigenvalue weighted by atomic mass is 32.1. The lowest BCUT2D eigenvalue weighted by molar-refractivity contribution is -0.140. The number of fused-ring (bicyclic) bond motifs is 1. The van der Waals surface area contributed by atoms with Gasteiger partial charge in [0, 0.05) is 35.5 Å². The molecule has 0 radical (unpaired) electrons. The molecule has 0 bridgehead atoms. The number of nitrogens with two attached hydrogens (primary N) is 1. The highest BCUT2D eigenvalue weighted by molar-refractivity contribution is 7.13. The third-order valence-electron chi connectivity index (χ3n) is 6.92. The van der Waals surface area contributed by atoms with Crippen molar-refractivity contribution in [2.75, 3.05) is 31.7 Å². The third kappa shape index (κ3) is 6.27. The van der Waals surface area contributed by atoms with E-state index in [0.717, 1.165) is 6.07 Å². The maximum atomic E-state index is 13.4.